The molecule has 3 rings (SSSR count). The van der Waals surface area contributed by atoms with E-state index in [4.69, 9.17) is 10.5 Å². The second-order valence-electron chi connectivity index (χ2n) is 4.71. The first kappa shape index (κ1) is 11.1. The van der Waals surface area contributed by atoms with Gasteiger partial charge in [0.2, 0.25) is 0 Å². The molecule has 0 amide bonds. The van der Waals surface area contributed by atoms with Gasteiger partial charge in [-0.3, -0.25) is 5.10 Å². The number of ether oxygens (including phenoxy) is 1. The van der Waals surface area contributed by atoms with Crippen LogP contribution in [0.25, 0.3) is 0 Å². The van der Waals surface area contributed by atoms with Gasteiger partial charge in [-0.2, -0.15) is 5.10 Å². The van der Waals surface area contributed by atoms with E-state index in [0.717, 1.165) is 17.9 Å². The lowest BCUT2D eigenvalue weighted by Crippen LogP contribution is -2.06. The Morgan fingerprint density at radius 2 is 2.17 bits per heavy atom. The SMILES string of the molecule is Nc1cc(COc2cccc3c2CCCC3)[nH]n1. The molecule has 1 aromatic carbocycles. The minimum Gasteiger partial charge on any atom is -0.487 e. The van der Waals surface area contributed by atoms with Gasteiger partial charge in [-0.1, -0.05) is 12.1 Å². The molecule has 1 aliphatic rings. The van der Waals surface area contributed by atoms with E-state index in [0.29, 0.717) is 12.4 Å². The third-order valence-electron chi connectivity index (χ3n) is 3.39. The second-order valence-corrected chi connectivity index (χ2v) is 4.71. The standard InChI is InChI=1S/C14H17N3O/c15-14-8-11(16-17-14)9-18-13-7-3-5-10-4-1-2-6-12(10)13/h3,5,7-8H,1-2,4,6,9H2,(H3,15,16,17). The fourth-order valence-electron chi connectivity index (χ4n) is 2.49. The number of fused-ring (bicyclic) bond motifs is 1. The average molecular weight is 243 g/mol. The molecular formula is C14H17N3O. The van der Waals surface area contributed by atoms with Crippen LogP contribution in [-0.2, 0) is 19.4 Å². The zero-order valence-corrected chi connectivity index (χ0v) is 10.3. The van der Waals surface area contributed by atoms with Crippen molar-refractivity contribution in [1.29, 1.82) is 0 Å². The van der Waals surface area contributed by atoms with Crippen molar-refractivity contribution in [1.82, 2.24) is 10.2 Å². The van der Waals surface area contributed by atoms with Crippen molar-refractivity contribution in [3.05, 3.63) is 41.1 Å². The van der Waals surface area contributed by atoms with Crippen molar-refractivity contribution in [3.8, 4) is 5.75 Å². The number of hydrogen-bond donors (Lipinski definition) is 2. The second kappa shape index (κ2) is 4.72. The van der Waals surface area contributed by atoms with Crippen LogP contribution in [0.4, 0.5) is 5.82 Å². The summed E-state index contributed by atoms with van der Waals surface area (Å²) in [4.78, 5) is 0. The highest BCUT2D eigenvalue weighted by Gasteiger charge is 2.13. The van der Waals surface area contributed by atoms with Crippen molar-refractivity contribution >= 4 is 5.82 Å². The van der Waals surface area contributed by atoms with Gasteiger partial charge in [0.1, 0.15) is 18.2 Å². The number of nitrogens with one attached hydrogen (secondary N) is 1. The molecule has 0 bridgehead atoms. The van der Waals surface area contributed by atoms with Crippen LogP contribution < -0.4 is 10.5 Å². The van der Waals surface area contributed by atoms with E-state index in [1.54, 1.807) is 6.07 Å². The summed E-state index contributed by atoms with van der Waals surface area (Å²) >= 11 is 0. The van der Waals surface area contributed by atoms with Gasteiger partial charge in [0, 0.05) is 6.07 Å². The average Bonchev–Trinajstić information content (AvgIpc) is 2.82. The lowest BCUT2D eigenvalue weighted by molar-refractivity contribution is 0.296. The van der Waals surface area contributed by atoms with Crippen molar-refractivity contribution in [2.24, 2.45) is 0 Å². The maximum absolute atomic E-state index is 5.88. The smallest absolute Gasteiger partial charge is 0.145 e. The molecule has 18 heavy (non-hydrogen) atoms. The first-order valence-corrected chi connectivity index (χ1v) is 6.36. The van der Waals surface area contributed by atoms with Gasteiger partial charge < -0.3 is 10.5 Å². The molecule has 4 heteroatoms. The number of benzene rings is 1. The molecule has 0 spiro atoms. The van der Waals surface area contributed by atoms with Crippen molar-refractivity contribution in [3.63, 3.8) is 0 Å². The maximum Gasteiger partial charge on any atom is 0.145 e. The number of H-pyrrole nitrogens is 1. The number of nitrogens with two attached hydrogens (primary N) is 1. The van der Waals surface area contributed by atoms with Crippen molar-refractivity contribution < 1.29 is 4.74 Å². The van der Waals surface area contributed by atoms with Crippen molar-refractivity contribution in [2.75, 3.05) is 5.73 Å². The molecule has 1 heterocycles. The lowest BCUT2D eigenvalue weighted by Gasteiger charge is -2.19. The molecule has 0 aliphatic heterocycles. The van der Waals surface area contributed by atoms with Gasteiger partial charge in [-0.25, -0.2) is 0 Å². The first-order chi connectivity index (χ1) is 8.83. The van der Waals surface area contributed by atoms with Gasteiger partial charge in [-0.05, 0) is 42.9 Å². The molecule has 1 aliphatic carbocycles. The summed E-state index contributed by atoms with van der Waals surface area (Å²) in [6, 6.07) is 8.12. The Hall–Kier alpha value is -1.97. The number of rotatable bonds is 3. The zero-order valence-electron chi connectivity index (χ0n) is 10.3. The number of aromatic nitrogens is 2. The van der Waals surface area contributed by atoms with Crippen LogP contribution in [0.15, 0.2) is 24.3 Å². The largest absolute Gasteiger partial charge is 0.487 e. The number of nitrogens with zero attached hydrogens (tertiary/aromatic N) is 1. The van der Waals surface area contributed by atoms with Crippen LogP contribution in [0.3, 0.4) is 0 Å². The molecule has 0 fully saturated rings. The number of hydrogen-bond acceptors (Lipinski definition) is 3. The Kier molecular flexibility index (Phi) is 2.92. The molecule has 3 N–H and O–H groups in total. The Labute approximate surface area is 106 Å². The van der Waals surface area contributed by atoms with E-state index >= 15 is 0 Å². The number of aryl methyl sites for hydroxylation is 1. The fourth-order valence-corrected chi connectivity index (χ4v) is 2.49. The zero-order chi connectivity index (χ0) is 12.4. The highest BCUT2D eigenvalue weighted by molar-refractivity contribution is 5.41. The molecule has 94 valence electrons. The van der Waals surface area contributed by atoms with Gasteiger partial charge in [0.05, 0.1) is 5.69 Å². The van der Waals surface area contributed by atoms with E-state index in [1.165, 1.54) is 30.4 Å². The highest BCUT2D eigenvalue weighted by Crippen LogP contribution is 2.29. The molecule has 0 saturated heterocycles. The first-order valence-electron chi connectivity index (χ1n) is 6.36. The van der Waals surface area contributed by atoms with E-state index in [2.05, 4.69) is 22.3 Å². The van der Waals surface area contributed by atoms with Crippen LogP contribution in [0.1, 0.15) is 29.7 Å². The summed E-state index contributed by atoms with van der Waals surface area (Å²) < 4.78 is 5.88. The minimum atomic E-state index is 0.487. The molecular weight excluding hydrogens is 226 g/mol. The van der Waals surface area contributed by atoms with Crippen LogP contribution in [0, 0.1) is 0 Å². The van der Waals surface area contributed by atoms with Crippen LogP contribution >= 0.6 is 0 Å². The Balaban J connectivity index is 1.76. The molecule has 0 radical (unpaired) electrons. The third-order valence-corrected chi connectivity index (χ3v) is 3.39. The number of nitrogen functional groups attached to an aromatic ring is 1. The van der Waals surface area contributed by atoms with Crippen LogP contribution in [0.5, 0.6) is 5.75 Å². The predicted molar refractivity (Wildman–Crippen MR) is 70.4 cm³/mol. The van der Waals surface area contributed by atoms with E-state index in [9.17, 15) is 0 Å². The van der Waals surface area contributed by atoms with Gasteiger partial charge in [-0.15, -0.1) is 0 Å². The summed E-state index contributed by atoms with van der Waals surface area (Å²) in [6.45, 7) is 0.487. The molecule has 1 aromatic heterocycles. The minimum absolute atomic E-state index is 0.487. The van der Waals surface area contributed by atoms with E-state index in [-0.39, 0.29) is 0 Å². The fraction of sp³-hybridized carbons (Fsp3) is 0.357. The van der Waals surface area contributed by atoms with E-state index in [1.807, 2.05) is 6.07 Å². The Morgan fingerprint density at radius 1 is 1.28 bits per heavy atom. The monoisotopic (exact) mass is 243 g/mol. The molecule has 0 atom stereocenters. The van der Waals surface area contributed by atoms with Gasteiger partial charge >= 0.3 is 0 Å². The van der Waals surface area contributed by atoms with Gasteiger partial charge in [0.15, 0.2) is 0 Å². The topological polar surface area (TPSA) is 63.9 Å². The number of aromatic amines is 1. The quantitative estimate of drug-likeness (QED) is 0.870. The Bertz CT molecular complexity index is 548. The summed E-state index contributed by atoms with van der Waals surface area (Å²) in [5.74, 6) is 1.50. The molecule has 4 nitrogen and oxygen atoms in total. The van der Waals surface area contributed by atoms with Crippen LogP contribution in [-0.4, -0.2) is 10.2 Å². The van der Waals surface area contributed by atoms with Crippen LogP contribution in [0.2, 0.25) is 0 Å². The number of anilines is 1. The predicted octanol–water partition coefficient (Wildman–Crippen LogP) is 2.45. The van der Waals surface area contributed by atoms with Gasteiger partial charge in [0.25, 0.3) is 0 Å². The summed E-state index contributed by atoms with van der Waals surface area (Å²) in [5.41, 5.74) is 9.27. The summed E-state index contributed by atoms with van der Waals surface area (Å²) in [5, 5.41) is 6.74. The molecule has 0 saturated carbocycles. The van der Waals surface area contributed by atoms with Crippen molar-refractivity contribution in [2.45, 2.75) is 32.3 Å². The summed E-state index contributed by atoms with van der Waals surface area (Å²) in [6.07, 6.45) is 4.83. The Morgan fingerprint density at radius 3 is 3.00 bits per heavy atom. The normalized spacial score (nSPS) is 14.2. The molecule has 0 unspecified atom stereocenters. The molecule has 2 aromatic rings. The van der Waals surface area contributed by atoms with E-state index < -0.39 is 0 Å². The summed E-state index contributed by atoms with van der Waals surface area (Å²) in [7, 11) is 0. The third kappa shape index (κ3) is 2.18. The maximum atomic E-state index is 5.88. The lowest BCUT2D eigenvalue weighted by atomic mass is 9.91. The highest BCUT2D eigenvalue weighted by atomic mass is 16.5.